The van der Waals surface area contributed by atoms with Crippen LogP contribution in [0.4, 0.5) is 0 Å². The number of methoxy groups -OCH3 is 1. The summed E-state index contributed by atoms with van der Waals surface area (Å²) in [7, 11) is 5.27. The van der Waals surface area contributed by atoms with Gasteiger partial charge >= 0.3 is 5.97 Å². The lowest BCUT2D eigenvalue weighted by atomic mass is 9.99. The van der Waals surface area contributed by atoms with Crippen molar-refractivity contribution in [2.45, 2.75) is 222 Å². The van der Waals surface area contributed by atoms with Gasteiger partial charge in [0, 0.05) is 125 Å². The van der Waals surface area contributed by atoms with Crippen LogP contribution < -0.4 is 70.4 Å². The number of aromatic amines is 3. The molecule has 734 valence electrons. The molecule has 0 spiro atoms. The number of phenols is 1. The Morgan fingerprint density at radius 2 is 1.12 bits per heavy atom. The standard InChI is InChI=1S/C91H128N22O21S/c1-10-12-23-71-85(127)104-64(37-51(3)4)82(124)108-70(80(122)98-46-75(94)116)48-135-49-77(118)101-67(38-53-26-28-57(114)29-27-53)87(129)109(6)52(5)79(121)106-69(42-74(93)115)90(132)113-34-18-25-72(113)86(128)105-66(41-56-45-95-50-99-56)84(126)103-63(30-31-78(119)120)89(131)112(35-36-134-9)47-76(117)100-65(39-54-43-96-60-21-16-14-19-58(54)60)83(125)102-62(32-33-92)81(123)107-68(40-55-44-97-61-22-17-15-20-59(55)61)88(130)111(8)73(24-13-11-2)91(133)110(71)7/h14-17,19-22,26-29,43-45,50-52,62-73,96-97,114H,10-13,18,23-25,30-42,46-49,92H2,1-9H3,(H2,93,115)(H2,94,116)(H,95,99)(H,98,122)(H,100,117)(H,101,118)(H,102,125)(H,103,126)(H,104,127)(H,105,128)(H,106,121)(H,107,123)(H,108,124)(H,119,120)/t52-,62-,63-,64-,65-,66-,67-,68-,69-,70-,71-,72-,73-/m0/s1. The summed E-state index contributed by atoms with van der Waals surface area (Å²) in [6, 6.07) is -0.316. The normalized spacial score (nSPS) is 23.3. The van der Waals surface area contributed by atoms with Gasteiger partial charge in [-0.3, -0.25) is 86.3 Å². The number of H-pyrrole nitrogens is 3. The van der Waals surface area contributed by atoms with E-state index < -0.39 is 235 Å². The van der Waals surface area contributed by atoms with E-state index in [1.165, 1.54) is 81.8 Å². The molecule has 5 heterocycles. The molecule has 0 radical (unpaired) electrons. The van der Waals surface area contributed by atoms with E-state index >= 15 is 33.6 Å². The van der Waals surface area contributed by atoms with Crippen molar-refractivity contribution in [2.24, 2.45) is 23.1 Å². The second-order valence-electron chi connectivity index (χ2n) is 34.2. The minimum absolute atomic E-state index is 0.0286. The molecule has 2 aliphatic heterocycles. The number of unbranched alkanes of at least 4 members (excludes halogenated alkanes) is 2. The maximum absolute atomic E-state index is 15.8. The van der Waals surface area contributed by atoms with Crippen LogP contribution in [0.2, 0.25) is 0 Å². The largest absolute Gasteiger partial charge is 0.508 e. The number of nitrogens with zero attached hydrogens (tertiary/aromatic N) is 6. The van der Waals surface area contributed by atoms with Crippen molar-refractivity contribution in [3.8, 4) is 5.75 Å². The van der Waals surface area contributed by atoms with Crippen LogP contribution in [-0.4, -0.2) is 319 Å². The van der Waals surface area contributed by atoms with Gasteiger partial charge < -0.3 is 125 Å². The SMILES string of the molecule is CCCC[C@H]1C(=O)N(C)[C@@H](CCCC)C(=O)N[C@@H](CC(C)C)C(=O)N[C@H](C(=O)NCC(N)=O)CSCC(=O)N[C@@H](Cc2ccc(O)cc2)C(=O)N(C)[C@@H](C)C(=O)N[C@@H](CC(N)=O)C(=O)N2CCC[C@H]2C(=O)N[C@@H](Cc2cnc[nH]2)C(=O)N[C@@H](CCC(=O)O)C(=O)N(CCOC)CC(=O)N[C@@H](Cc2c[nH]c3ccccc23)C(=O)N[C@@H](CCN)C(=O)N[C@@H](Cc2c[nH]c3ccccc23)C(=O)N1C. The van der Waals surface area contributed by atoms with Gasteiger partial charge in [0.1, 0.15) is 84.3 Å². The number of aliphatic carboxylic acids is 1. The van der Waals surface area contributed by atoms with Crippen LogP contribution in [0.25, 0.3) is 21.8 Å². The molecule has 6 aromatic rings. The number of nitrogens with two attached hydrogens (primary N) is 3. The highest BCUT2D eigenvalue weighted by Gasteiger charge is 2.44. The highest BCUT2D eigenvalue weighted by molar-refractivity contribution is 8.00. The zero-order valence-corrected chi connectivity index (χ0v) is 78.3. The van der Waals surface area contributed by atoms with Gasteiger partial charge in [0.05, 0.1) is 38.2 Å². The zero-order valence-electron chi connectivity index (χ0n) is 77.5. The van der Waals surface area contributed by atoms with E-state index in [4.69, 9.17) is 21.9 Å². The fraction of sp³-hybridized carbons (Fsp3) is 0.527. The van der Waals surface area contributed by atoms with Crippen LogP contribution in [0.3, 0.4) is 0 Å². The maximum atomic E-state index is 15.8. The molecule has 0 saturated carbocycles. The Morgan fingerprint density at radius 1 is 0.570 bits per heavy atom. The van der Waals surface area contributed by atoms with Crippen molar-refractivity contribution >= 4 is 140 Å². The number of hydrogen-bond donors (Lipinski definition) is 18. The summed E-state index contributed by atoms with van der Waals surface area (Å²) in [5.41, 5.74) is 20.4. The number of carbonyl (C=O) groups excluding carboxylic acids is 17. The number of nitrogens with one attached hydrogen (secondary N) is 13. The summed E-state index contributed by atoms with van der Waals surface area (Å²) >= 11 is 0.790. The molecule has 43 nitrogen and oxygen atoms in total. The Balaban J connectivity index is 1.21. The number of carboxylic acid groups (broad SMARTS) is 1. The Hall–Kier alpha value is -13.5. The first-order valence-electron chi connectivity index (χ1n) is 45.1. The quantitative estimate of drug-likeness (QED) is 0.0255. The Morgan fingerprint density at radius 3 is 1.71 bits per heavy atom. The minimum atomic E-state index is -1.81. The molecule has 0 aliphatic carbocycles. The van der Waals surface area contributed by atoms with E-state index in [1.54, 1.807) is 74.8 Å². The van der Waals surface area contributed by atoms with Crippen LogP contribution in [0, 0.1) is 5.92 Å². The topological polar surface area (TPSA) is 632 Å². The van der Waals surface area contributed by atoms with E-state index in [9.17, 15) is 63.0 Å². The summed E-state index contributed by atoms with van der Waals surface area (Å²) in [5.74, 6) is -18.8. The molecule has 3 aromatic carbocycles. The molecule has 44 heteroatoms. The molecule has 2 saturated heterocycles. The highest BCUT2D eigenvalue weighted by atomic mass is 32.2. The number of likely N-dealkylation sites (N-methyl/N-ethyl adjacent to an activating group) is 3. The number of carbonyl (C=O) groups is 18. The lowest BCUT2D eigenvalue weighted by Crippen LogP contribution is -2.61. The van der Waals surface area contributed by atoms with Crippen LogP contribution >= 0.6 is 11.8 Å². The summed E-state index contributed by atoms with van der Waals surface area (Å²) < 4.78 is 5.38. The van der Waals surface area contributed by atoms with Gasteiger partial charge in [-0.25, -0.2) is 4.98 Å². The van der Waals surface area contributed by atoms with E-state index in [0.717, 1.165) is 26.5 Å². The summed E-state index contributed by atoms with van der Waals surface area (Å²) in [5, 5.41) is 48.2. The monoisotopic (exact) mass is 1900 g/mol. The summed E-state index contributed by atoms with van der Waals surface area (Å²) in [4.78, 5) is 281. The van der Waals surface area contributed by atoms with Gasteiger partial charge in [-0.05, 0) is 105 Å². The number of rotatable bonds is 29. The van der Waals surface area contributed by atoms with Crippen molar-refractivity contribution < 1.29 is 101 Å². The first kappa shape index (κ1) is 107. The summed E-state index contributed by atoms with van der Waals surface area (Å²) in [6.07, 6.45) is 4.10. The third kappa shape index (κ3) is 31.3. The average Bonchev–Trinajstić information content (AvgIpc) is 1.79. The average molecular weight is 1900 g/mol. The molecule has 13 atom stereocenters. The molecule has 2 fully saturated rings. The number of hydrogen-bond acceptors (Lipinski definition) is 23. The number of fused-ring (bicyclic) bond motifs is 3. The number of aromatic hydroxyl groups is 1. The molecule has 0 bridgehead atoms. The third-order valence-electron chi connectivity index (χ3n) is 23.6. The van der Waals surface area contributed by atoms with Gasteiger partial charge in [0.25, 0.3) is 0 Å². The lowest BCUT2D eigenvalue weighted by Gasteiger charge is -2.36. The highest BCUT2D eigenvalue weighted by Crippen LogP contribution is 2.27. The molecule has 3 aromatic heterocycles. The summed E-state index contributed by atoms with van der Waals surface area (Å²) in [6.45, 7) is 5.88. The third-order valence-corrected chi connectivity index (χ3v) is 24.7. The second kappa shape index (κ2) is 52.2. The number of thioether (sulfide) groups is 1. The predicted octanol–water partition coefficient (Wildman–Crippen LogP) is -1.46. The molecule has 2 aliphatic rings. The molecule has 21 N–H and O–H groups in total. The van der Waals surface area contributed by atoms with Crippen molar-refractivity contribution in [3.63, 3.8) is 0 Å². The smallest absolute Gasteiger partial charge is 0.303 e. The molecule has 8 rings (SSSR count). The Kier molecular flexibility index (Phi) is 41.3. The van der Waals surface area contributed by atoms with Crippen LogP contribution in [0.1, 0.15) is 140 Å². The number of ether oxygens (including phenoxy) is 1. The molecule has 17 amide bonds. The predicted molar refractivity (Wildman–Crippen MR) is 496 cm³/mol. The van der Waals surface area contributed by atoms with Crippen molar-refractivity contribution in [1.29, 1.82) is 0 Å². The Bertz CT molecular complexity index is 5150. The van der Waals surface area contributed by atoms with Crippen molar-refractivity contribution in [3.05, 3.63) is 120 Å². The Labute approximate surface area is 785 Å². The van der Waals surface area contributed by atoms with E-state index in [1.807, 2.05) is 13.8 Å². The molecular formula is C91H128N22O21S. The lowest BCUT2D eigenvalue weighted by molar-refractivity contribution is -0.149. The molecule has 135 heavy (non-hydrogen) atoms. The van der Waals surface area contributed by atoms with E-state index in [2.05, 4.69) is 73.1 Å². The van der Waals surface area contributed by atoms with Crippen LogP contribution in [-0.2, 0) is 117 Å². The molecule has 0 unspecified atom stereocenters. The second-order valence-corrected chi connectivity index (χ2v) is 35.3. The fourth-order valence-corrected chi connectivity index (χ4v) is 17.0. The van der Waals surface area contributed by atoms with Gasteiger partial charge in [0.2, 0.25) is 100 Å². The first-order valence-corrected chi connectivity index (χ1v) is 46.3. The number of aromatic nitrogens is 4. The van der Waals surface area contributed by atoms with Crippen molar-refractivity contribution in [1.82, 2.24) is 97.6 Å². The van der Waals surface area contributed by atoms with Gasteiger partial charge in [0.15, 0.2) is 0 Å². The zero-order chi connectivity index (χ0) is 98.9. The number of amides is 17. The van der Waals surface area contributed by atoms with Crippen molar-refractivity contribution in [2.75, 3.05) is 79.1 Å². The van der Waals surface area contributed by atoms with Crippen LogP contribution in [0.5, 0.6) is 5.75 Å². The number of benzene rings is 3. The number of carboxylic acids is 1. The molecular weight excluding hydrogens is 1770 g/mol. The fourth-order valence-electron chi connectivity index (χ4n) is 16.1. The number of primary amides is 2. The maximum Gasteiger partial charge on any atom is 0.303 e. The number of phenolic OH excluding ortho intramolecular Hbond substituents is 1. The van der Waals surface area contributed by atoms with E-state index in [-0.39, 0.29) is 101 Å². The number of imidazole rings is 1. The number of para-hydroxylation sites is 2. The van der Waals surface area contributed by atoms with Gasteiger partial charge in [-0.15, -0.1) is 11.8 Å². The van der Waals surface area contributed by atoms with E-state index in [0.29, 0.717) is 64.2 Å². The minimum Gasteiger partial charge on any atom is -0.508 e. The van der Waals surface area contributed by atoms with Crippen LogP contribution in [0.15, 0.2) is 97.7 Å². The van der Waals surface area contributed by atoms with Gasteiger partial charge in [-0.2, -0.15) is 0 Å². The van der Waals surface area contributed by atoms with Gasteiger partial charge in [-0.1, -0.05) is 102 Å². The first-order chi connectivity index (χ1) is 64.3.